The average molecular weight is 309 g/mol. The highest BCUT2D eigenvalue weighted by molar-refractivity contribution is 5.68. The number of aromatic amines is 1. The summed E-state index contributed by atoms with van der Waals surface area (Å²) in [4.78, 5) is 18.0. The zero-order chi connectivity index (χ0) is 15.6. The molecule has 4 rings (SSSR count). The van der Waals surface area contributed by atoms with E-state index >= 15 is 0 Å². The van der Waals surface area contributed by atoms with E-state index in [0.717, 1.165) is 18.8 Å². The van der Waals surface area contributed by atoms with Gasteiger partial charge in [0.1, 0.15) is 17.8 Å². The first-order valence-corrected chi connectivity index (χ1v) is 7.88. The Labute approximate surface area is 134 Å². The predicted octanol–water partition coefficient (Wildman–Crippen LogP) is 2.62. The summed E-state index contributed by atoms with van der Waals surface area (Å²) < 4.78 is 0. The fraction of sp³-hybridized carbons (Fsp3) is 0.312. The molecule has 3 heterocycles. The van der Waals surface area contributed by atoms with E-state index in [1.54, 1.807) is 0 Å². The Morgan fingerprint density at radius 1 is 1.04 bits per heavy atom. The van der Waals surface area contributed by atoms with E-state index in [9.17, 15) is 0 Å². The molecule has 118 valence electrons. The topological polar surface area (TPSA) is 95.8 Å². The lowest BCUT2D eigenvalue weighted by molar-refractivity contribution is 0.578. The minimum Gasteiger partial charge on any atom is -0.383 e. The van der Waals surface area contributed by atoms with Gasteiger partial charge in [0, 0.05) is 24.5 Å². The van der Waals surface area contributed by atoms with Gasteiger partial charge in [-0.05, 0) is 43.5 Å². The summed E-state index contributed by atoms with van der Waals surface area (Å²) in [6.07, 6.45) is 5.35. The molecule has 4 N–H and O–H groups in total. The number of hydrogen-bond donors (Lipinski definition) is 3. The quantitative estimate of drug-likeness (QED) is 0.688. The lowest BCUT2D eigenvalue weighted by Crippen LogP contribution is -2.29. The molecule has 1 fully saturated rings. The van der Waals surface area contributed by atoms with Crippen LogP contribution in [0.1, 0.15) is 19.3 Å². The van der Waals surface area contributed by atoms with Crippen LogP contribution in [0.15, 0.2) is 30.6 Å². The molecule has 0 spiro atoms. The Balaban J connectivity index is 1.53. The molecule has 1 aromatic carbocycles. The maximum atomic E-state index is 5.93. The Morgan fingerprint density at radius 2 is 1.83 bits per heavy atom. The highest BCUT2D eigenvalue weighted by Crippen LogP contribution is 2.25. The maximum Gasteiger partial charge on any atom is 0.208 e. The summed E-state index contributed by atoms with van der Waals surface area (Å²) in [6, 6.07) is 8.38. The van der Waals surface area contributed by atoms with Gasteiger partial charge >= 0.3 is 0 Å². The van der Waals surface area contributed by atoms with Crippen molar-refractivity contribution in [2.24, 2.45) is 0 Å². The molecule has 0 aromatic heterocycles. The Morgan fingerprint density at radius 3 is 2.61 bits per heavy atom. The second kappa shape index (κ2) is 5.75. The van der Waals surface area contributed by atoms with Crippen molar-refractivity contribution < 1.29 is 0 Å². The number of benzene rings is 1. The Bertz CT molecular complexity index is 759. The zero-order valence-corrected chi connectivity index (χ0v) is 12.8. The first kappa shape index (κ1) is 13.8. The number of aromatic nitrogens is 4. The lowest BCUT2D eigenvalue weighted by atomic mass is 10.1. The first-order valence-electron chi connectivity index (χ1n) is 7.88. The smallest absolute Gasteiger partial charge is 0.208 e. The molecule has 23 heavy (non-hydrogen) atoms. The number of fused-ring (bicyclic) bond motifs is 1. The van der Waals surface area contributed by atoms with Gasteiger partial charge in [-0.1, -0.05) is 0 Å². The number of imidazole rings is 1. The molecule has 7 nitrogen and oxygen atoms in total. The van der Waals surface area contributed by atoms with Crippen LogP contribution in [0, 0.1) is 0 Å². The van der Waals surface area contributed by atoms with Gasteiger partial charge < -0.3 is 20.9 Å². The molecular formula is C16H19N7. The van der Waals surface area contributed by atoms with Gasteiger partial charge in [0.05, 0.1) is 0 Å². The van der Waals surface area contributed by atoms with Crippen molar-refractivity contribution >= 4 is 23.1 Å². The number of nitrogens with zero attached hydrogens (tertiary/aromatic N) is 4. The normalized spacial score (nSPS) is 15.0. The number of piperidine rings is 1. The number of H-pyrrole nitrogens is 1. The second-order valence-electron chi connectivity index (χ2n) is 5.76. The van der Waals surface area contributed by atoms with Crippen LogP contribution < -0.4 is 16.0 Å². The fourth-order valence-electron chi connectivity index (χ4n) is 2.96. The molecule has 1 aromatic rings. The van der Waals surface area contributed by atoms with Crippen molar-refractivity contribution in [2.45, 2.75) is 19.3 Å². The second-order valence-corrected chi connectivity index (χ2v) is 5.76. The van der Waals surface area contributed by atoms with Crippen molar-refractivity contribution in [2.75, 3.05) is 29.0 Å². The molecule has 7 heteroatoms. The van der Waals surface area contributed by atoms with Crippen LogP contribution in [0.25, 0.3) is 11.5 Å². The molecule has 3 aliphatic rings. The van der Waals surface area contributed by atoms with E-state index in [0.29, 0.717) is 23.3 Å². The summed E-state index contributed by atoms with van der Waals surface area (Å²) in [6.45, 7) is 2.29. The van der Waals surface area contributed by atoms with Gasteiger partial charge in [-0.3, -0.25) is 0 Å². The van der Waals surface area contributed by atoms with Crippen LogP contribution in [0.3, 0.4) is 0 Å². The van der Waals surface area contributed by atoms with Crippen LogP contribution in [-0.2, 0) is 0 Å². The minimum absolute atomic E-state index is 0.458. The third kappa shape index (κ3) is 2.77. The fourth-order valence-corrected chi connectivity index (χ4v) is 2.96. The van der Waals surface area contributed by atoms with E-state index < -0.39 is 0 Å². The van der Waals surface area contributed by atoms with Gasteiger partial charge in [-0.25, -0.2) is 9.97 Å². The van der Waals surface area contributed by atoms with Gasteiger partial charge in [0.25, 0.3) is 0 Å². The van der Waals surface area contributed by atoms with Crippen LogP contribution in [0.2, 0.25) is 0 Å². The number of nitrogen functional groups attached to an aromatic ring is 1. The van der Waals surface area contributed by atoms with Gasteiger partial charge in [0.2, 0.25) is 5.95 Å². The zero-order valence-electron chi connectivity index (χ0n) is 12.8. The summed E-state index contributed by atoms with van der Waals surface area (Å²) in [5.41, 5.74) is 8.74. The third-order valence-corrected chi connectivity index (χ3v) is 4.16. The highest BCUT2D eigenvalue weighted by atomic mass is 15.2. The van der Waals surface area contributed by atoms with Gasteiger partial charge in [-0.2, -0.15) is 4.98 Å². The van der Waals surface area contributed by atoms with E-state index in [1.165, 1.54) is 31.3 Å². The molecule has 0 atom stereocenters. The lowest BCUT2D eigenvalue weighted by Gasteiger charge is -2.28. The van der Waals surface area contributed by atoms with Gasteiger partial charge in [0.15, 0.2) is 5.82 Å². The molecule has 0 bridgehead atoms. The monoisotopic (exact) mass is 309 g/mol. The minimum atomic E-state index is 0.458. The van der Waals surface area contributed by atoms with E-state index in [1.807, 2.05) is 0 Å². The maximum absolute atomic E-state index is 5.93. The van der Waals surface area contributed by atoms with E-state index in [2.05, 4.69) is 54.4 Å². The van der Waals surface area contributed by atoms with Crippen molar-refractivity contribution in [3.8, 4) is 11.5 Å². The SMILES string of the molecule is Nc1[nH]c(Nc2ccc(N3CCCCC3)cc2)nc2ncnc1-2. The van der Waals surface area contributed by atoms with Crippen molar-refractivity contribution in [1.82, 2.24) is 19.9 Å². The molecule has 0 saturated carbocycles. The third-order valence-electron chi connectivity index (χ3n) is 4.16. The summed E-state index contributed by atoms with van der Waals surface area (Å²) >= 11 is 0. The van der Waals surface area contributed by atoms with Crippen LogP contribution >= 0.6 is 0 Å². The molecular weight excluding hydrogens is 290 g/mol. The summed E-state index contributed by atoms with van der Waals surface area (Å²) in [7, 11) is 0. The number of nitrogens with two attached hydrogens (primary N) is 1. The Kier molecular flexibility index (Phi) is 3.45. The average Bonchev–Trinajstić information content (AvgIpc) is 3.05. The predicted molar refractivity (Wildman–Crippen MR) is 91.0 cm³/mol. The van der Waals surface area contributed by atoms with E-state index in [-0.39, 0.29) is 0 Å². The van der Waals surface area contributed by atoms with Crippen LogP contribution in [0.5, 0.6) is 0 Å². The molecule has 0 aliphatic carbocycles. The molecule has 3 aliphatic heterocycles. The van der Waals surface area contributed by atoms with Crippen molar-refractivity contribution in [1.29, 1.82) is 0 Å². The molecule has 0 amide bonds. The number of hydrogen-bond acceptors (Lipinski definition) is 6. The van der Waals surface area contributed by atoms with Crippen LogP contribution in [-0.4, -0.2) is 33.0 Å². The van der Waals surface area contributed by atoms with Crippen molar-refractivity contribution in [3.63, 3.8) is 0 Å². The summed E-state index contributed by atoms with van der Waals surface area (Å²) in [5, 5.41) is 3.22. The standard InChI is InChI=1S/C16H19N7/c17-14-13-15(19-10-18-13)22-16(21-14)20-11-4-6-12(7-5-11)23-8-2-1-3-9-23/h4-7,10H,1-3,8-9H2,(H4,17,18,19,20,21,22). The molecule has 1 saturated heterocycles. The largest absolute Gasteiger partial charge is 0.383 e. The number of rotatable bonds is 3. The van der Waals surface area contributed by atoms with Crippen LogP contribution in [0.4, 0.5) is 23.1 Å². The van der Waals surface area contributed by atoms with E-state index in [4.69, 9.17) is 5.73 Å². The highest BCUT2D eigenvalue weighted by Gasteiger charge is 2.14. The number of anilines is 4. The molecule has 0 radical (unpaired) electrons. The molecule has 0 unspecified atom stereocenters. The first-order chi connectivity index (χ1) is 11.3. The Hall–Kier alpha value is -2.83. The van der Waals surface area contributed by atoms with Gasteiger partial charge in [-0.15, -0.1) is 0 Å². The summed E-state index contributed by atoms with van der Waals surface area (Å²) in [5.74, 6) is 1.55. The number of nitrogens with one attached hydrogen (secondary N) is 2. The van der Waals surface area contributed by atoms with Crippen molar-refractivity contribution in [3.05, 3.63) is 30.6 Å².